The van der Waals surface area contributed by atoms with Crippen LogP contribution in [0.2, 0.25) is 0 Å². The third kappa shape index (κ3) is 4.75. The molecule has 3 amide bonds. The van der Waals surface area contributed by atoms with E-state index in [9.17, 15) is 14.4 Å². The third-order valence-electron chi connectivity index (χ3n) is 5.42. The van der Waals surface area contributed by atoms with Crippen molar-refractivity contribution in [1.29, 1.82) is 0 Å². The fourth-order valence-corrected chi connectivity index (χ4v) is 4.74. The van der Waals surface area contributed by atoms with E-state index in [-0.39, 0.29) is 36.9 Å². The highest BCUT2D eigenvalue weighted by atomic mass is 32.2. The first-order chi connectivity index (χ1) is 14.1. The van der Waals surface area contributed by atoms with Crippen LogP contribution >= 0.6 is 11.8 Å². The van der Waals surface area contributed by atoms with Crippen LogP contribution in [0.1, 0.15) is 44.1 Å². The minimum Gasteiger partial charge on any atom is -0.454 e. The molecule has 154 valence electrons. The number of hydrogen-bond acceptors (Lipinski definition) is 6. The van der Waals surface area contributed by atoms with Crippen LogP contribution in [0.15, 0.2) is 23.1 Å². The predicted octanol–water partition coefficient (Wildman–Crippen LogP) is 3.54. The second-order valence-electron chi connectivity index (χ2n) is 7.50. The number of imide groups is 1. The summed E-state index contributed by atoms with van der Waals surface area (Å²) >= 11 is 0.911. The van der Waals surface area contributed by atoms with Gasteiger partial charge in [-0.05, 0) is 54.3 Å². The van der Waals surface area contributed by atoms with Crippen LogP contribution in [-0.4, -0.2) is 41.8 Å². The molecular formula is C21H24N2O5S. The molecule has 2 heterocycles. The van der Waals surface area contributed by atoms with Gasteiger partial charge in [0.05, 0.1) is 4.91 Å². The highest BCUT2D eigenvalue weighted by Crippen LogP contribution is 2.36. The first-order valence-electron chi connectivity index (χ1n) is 10.0. The fourth-order valence-electron chi connectivity index (χ4n) is 3.88. The lowest BCUT2D eigenvalue weighted by Gasteiger charge is -2.21. The molecule has 1 N–H and O–H groups in total. The zero-order chi connectivity index (χ0) is 20.2. The van der Waals surface area contributed by atoms with Crippen molar-refractivity contribution in [3.8, 4) is 11.5 Å². The summed E-state index contributed by atoms with van der Waals surface area (Å²) in [4.78, 5) is 38.5. The molecule has 0 bridgehead atoms. The molecule has 8 heteroatoms. The molecule has 0 aromatic heterocycles. The van der Waals surface area contributed by atoms with Crippen LogP contribution in [-0.2, 0) is 9.59 Å². The van der Waals surface area contributed by atoms with Gasteiger partial charge in [0.25, 0.3) is 11.1 Å². The van der Waals surface area contributed by atoms with E-state index in [0.29, 0.717) is 28.7 Å². The van der Waals surface area contributed by atoms with Crippen molar-refractivity contribution in [2.45, 2.75) is 38.5 Å². The van der Waals surface area contributed by atoms with Gasteiger partial charge in [-0.1, -0.05) is 25.3 Å². The molecule has 4 rings (SSSR count). The van der Waals surface area contributed by atoms with Crippen LogP contribution < -0.4 is 14.8 Å². The number of thioether (sulfide) groups is 1. The molecule has 29 heavy (non-hydrogen) atoms. The Morgan fingerprint density at radius 3 is 2.79 bits per heavy atom. The molecule has 2 aliphatic heterocycles. The molecule has 0 unspecified atom stereocenters. The van der Waals surface area contributed by atoms with Gasteiger partial charge in [-0.15, -0.1) is 0 Å². The highest BCUT2D eigenvalue weighted by Gasteiger charge is 2.34. The van der Waals surface area contributed by atoms with E-state index >= 15 is 0 Å². The standard InChI is InChI=1S/C21H24N2O5S/c24-19(12-14-4-2-1-3-5-14)22-8-9-23-20(25)18(29-21(23)26)11-15-6-7-16-17(10-15)28-13-27-16/h6-7,10-11,14H,1-5,8-9,12-13H2,(H,22,24)/b18-11-. The van der Waals surface area contributed by atoms with E-state index in [1.165, 1.54) is 24.2 Å². The van der Waals surface area contributed by atoms with E-state index < -0.39 is 0 Å². The maximum atomic E-state index is 12.6. The zero-order valence-electron chi connectivity index (χ0n) is 16.1. The minimum absolute atomic E-state index is 0.000210. The van der Waals surface area contributed by atoms with Crippen LogP contribution in [0.4, 0.5) is 4.79 Å². The predicted molar refractivity (Wildman–Crippen MR) is 109 cm³/mol. The molecule has 3 aliphatic rings. The van der Waals surface area contributed by atoms with Gasteiger partial charge in [0.2, 0.25) is 12.7 Å². The van der Waals surface area contributed by atoms with Crippen molar-refractivity contribution in [3.63, 3.8) is 0 Å². The first-order valence-corrected chi connectivity index (χ1v) is 10.8. The lowest BCUT2D eigenvalue weighted by Crippen LogP contribution is -2.37. The fraction of sp³-hybridized carbons (Fsp3) is 0.476. The Hall–Kier alpha value is -2.48. The van der Waals surface area contributed by atoms with E-state index in [4.69, 9.17) is 9.47 Å². The highest BCUT2D eigenvalue weighted by molar-refractivity contribution is 8.18. The molecule has 1 aromatic carbocycles. The molecule has 1 aliphatic carbocycles. The molecule has 1 aromatic rings. The Balaban J connectivity index is 1.29. The summed E-state index contributed by atoms with van der Waals surface area (Å²) in [6.07, 6.45) is 8.09. The number of nitrogens with zero attached hydrogens (tertiary/aromatic N) is 1. The Labute approximate surface area is 173 Å². The van der Waals surface area contributed by atoms with Gasteiger partial charge in [0, 0.05) is 19.5 Å². The maximum Gasteiger partial charge on any atom is 0.293 e. The van der Waals surface area contributed by atoms with Crippen molar-refractivity contribution in [1.82, 2.24) is 10.2 Å². The van der Waals surface area contributed by atoms with Crippen LogP contribution in [0.25, 0.3) is 6.08 Å². The number of amides is 3. The molecule has 0 radical (unpaired) electrons. The first kappa shape index (κ1) is 19.8. The summed E-state index contributed by atoms with van der Waals surface area (Å²) in [6, 6.07) is 5.37. The molecule has 0 atom stereocenters. The van der Waals surface area contributed by atoms with E-state index in [0.717, 1.165) is 30.2 Å². The van der Waals surface area contributed by atoms with Gasteiger partial charge < -0.3 is 14.8 Å². The van der Waals surface area contributed by atoms with Crippen molar-refractivity contribution in [3.05, 3.63) is 28.7 Å². The van der Waals surface area contributed by atoms with Gasteiger partial charge in [0.1, 0.15) is 0 Å². The summed E-state index contributed by atoms with van der Waals surface area (Å²) < 4.78 is 10.6. The summed E-state index contributed by atoms with van der Waals surface area (Å²) in [7, 11) is 0. The average Bonchev–Trinajstić information content (AvgIpc) is 3.28. The molecule has 7 nitrogen and oxygen atoms in total. The van der Waals surface area contributed by atoms with Crippen molar-refractivity contribution in [2.75, 3.05) is 19.9 Å². The second kappa shape index (κ2) is 8.90. The lowest BCUT2D eigenvalue weighted by molar-refractivity contribution is -0.124. The Kier molecular flexibility index (Phi) is 6.08. The van der Waals surface area contributed by atoms with Gasteiger partial charge in [-0.2, -0.15) is 0 Å². The third-order valence-corrected chi connectivity index (χ3v) is 6.33. The van der Waals surface area contributed by atoms with Gasteiger partial charge >= 0.3 is 0 Å². The largest absolute Gasteiger partial charge is 0.454 e. The normalized spacial score (nSPS) is 20.6. The van der Waals surface area contributed by atoms with E-state index in [1.807, 2.05) is 6.07 Å². The number of benzene rings is 1. The average molecular weight is 416 g/mol. The molecule has 0 spiro atoms. The SMILES string of the molecule is O=C(CC1CCCCC1)NCCN1C(=O)S/C(=C\c2ccc3c(c2)OCO3)C1=O. The Bertz CT molecular complexity index is 847. The van der Waals surface area contributed by atoms with Crippen molar-refractivity contribution >= 4 is 34.9 Å². The van der Waals surface area contributed by atoms with Crippen molar-refractivity contribution in [2.24, 2.45) is 5.92 Å². The number of nitrogens with one attached hydrogen (secondary N) is 1. The Morgan fingerprint density at radius 1 is 1.17 bits per heavy atom. The van der Waals surface area contributed by atoms with Crippen molar-refractivity contribution < 1.29 is 23.9 Å². The zero-order valence-corrected chi connectivity index (χ0v) is 17.0. The number of carbonyl (C=O) groups excluding carboxylic acids is 3. The smallest absolute Gasteiger partial charge is 0.293 e. The maximum absolute atomic E-state index is 12.6. The second-order valence-corrected chi connectivity index (χ2v) is 8.50. The van der Waals surface area contributed by atoms with Crippen LogP contribution in [0.5, 0.6) is 11.5 Å². The monoisotopic (exact) mass is 416 g/mol. The minimum atomic E-state index is -0.334. The Morgan fingerprint density at radius 2 is 1.97 bits per heavy atom. The number of rotatable bonds is 6. The molecule has 1 saturated carbocycles. The lowest BCUT2D eigenvalue weighted by atomic mass is 9.87. The summed E-state index contributed by atoms with van der Waals surface area (Å²) in [5.74, 6) is 1.42. The van der Waals surface area contributed by atoms with Gasteiger partial charge in [-0.25, -0.2) is 0 Å². The van der Waals surface area contributed by atoms with Gasteiger partial charge in [-0.3, -0.25) is 19.3 Å². The number of fused-ring (bicyclic) bond motifs is 1. The summed E-state index contributed by atoms with van der Waals surface area (Å²) in [5, 5.41) is 2.53. The molecule has 1 saturated heterocycles. The van der Waals surface area contributed by atoms with Crippen LogP contribution in [0, 0.1) is 5.92 Å². The quantitative estimate of drug-likeness (QED) is 0.714. The number of carbonyl (C=O) groups is 3. The van der Waals surface area contributed by atoms with Gasteiger partial charge in [0.15, 0.2) is 11.5 Å². The summed E-state index contributed by atoms with van der Waals surface area (Å²) in [6.45, 7) is 0.641. The summed E-state index contributed by atoms with van der Waals surface area (Å²) in [5.41, 5.74) is 0.764. The van der Waals surface area contributed by atoms with E-state index in [2.05, 4.69) is 5.32 Å². The molecular weight excluding hydrogens is 392 g/mol. The topological polar surface area (TPSA) is 84.9 Å². The van der Waals surface area contributed by atoms with Crippen LogP contribution in [0.3, 0.4) is 0 Å². The van der Waals surface area contributed by atoms with E-state index in [1.54, 1.807) is 18.2 Å². The number of ether oxygens (including phenoxy) is 2. The molecule has 2 fully saturated rings. The number of hydrogen-bond donors (Lipinski definition) is 1.